The van der Waals surface area contributed by atoms with Crippen LogP contribution in [-0.2, 0) is 16.0 Å². The number of ether oxygens (including phenoxy) is 2. The number of aromatic nitrogens is 1. The lowest BCUT2D eigenvalue weighted by molar-refractivity contribution is -0.122. The minimum absolute atomic E-state index is 0.0599. The van der Waals surface area contributed by atoms with Gasteiger partial charge in [0.15, 0.2) is 0 Å². The van der Waals surface area contributed by atoms with E-state index in [1.54, 1.807) is 18.3 Å². The van der Waals surface area contributed by atoms with E-state index < -0.39 is 6.09 Å². The Morgan fingerprint density at radius 1 is 1.12 bits per heavy atom. The average Bonchev–Trinajstić information content (AvgIpc) is 2.94. The third-order valence-electron chi connectivity index (χ3n) is 8.56. The van der Waals surface area contributed by atoms with Crippen molar-refractivity contribution in [1.82, 2.24) is 19.7 Å². The molecule has 1 aromatic carbocycles. The van der Waals surface area contributed by atoms with E-state index in [2.05, 4.69) is 28.6 Å². The first-order valence-electron chi connectivity index (χ1n) is 14.8. The van der Waals surface area contributed by atoms with E-state index in [0.29, 0.717) is 50.8 Å². The molecule has 0 aliphatic carbocycles. The number of fused-ring (bicyclic) bond motifs is 1. The van der Waals surface area contributed by atoms with Crippen LogP contribution in [0.25, 0.3) is 0 Å². The summed E-state index contributed by atoms with van der Waals surface area (Å²) in [4.78, 5) is 38.6. The summed E-state index contributed by atoms with van der Waals surface area (Å²) in [5.41, 5.74) is 2.48. The van der Waals surface area contributed by atoms with E-state index in [9.17, 15) is 19.1 Å². The Morgan fingerprint density at radius 2 is 1.88 bits per heavy atom. The number of anilines is 1. The van der Waals surface area contributed by atoms with Crippen LogP contribution in [0, 0.1) is 11.7 Å². The largest absolute Gasteiger partial charge is 0.474 e. The number of benzene rings is 1. The molecule has 10 nitrogen and oxygen atoms in total. The lowest BCUT2D eigenvalue weighted by atomic mass is 9.99. The van der Waals surface area contributed by atoms with Crippen molar-refractivity contribution in [3.63, 3.8) is 0 Å². The fourth-order valence-electron chi connectivity index (χ4n) is 6.28. The van der Waals surface area contributed by atoms with Gasteiger partial charge in [-0.05, 0) is 55.5 Å². The molecule has 3 aliphatic rings. The molecule has 2 amide bonds. The van der Waals surface area contributed by atoms with Gasteiger partial charge >= 0.3 is 6.09 Å². The highest BCUT2D eigenvalue weighted by atomic mass is 19.1. The molecule has 0 radical (unpaired) electrons. The zero-order valence-corrected chi connectivity index (χ0v) is 24.9. The van der Waals surface area contributed by atoms with Crippen molar-refractivity contribution < 1.29 is 28.6 Å². The Balaban J connectivity index is 1.39. The number of hydrogen-bond acceptors (Lipinski definition) is 7. The number of halogens is 1. The van der Waals surface area contributed by atoms with Crippen molar-refractivity contribution in [2.75, 3.05) is 57.4 Å². The van der Waals surface area contributed by atoms with Crippen LogP contribution in [-0.4, -0.2) is 114 Å². The van der Waals surface area contributed by atoms with Crippen molar-refractivity contribution in [2.24, 2.45) is 5.92 Å². The first-order chi connectivity index (χ1) is 20.1. The maximum atomic E-state index is 14.3. The molecule has 11 heteroatoms. The number of hydrogen-bond donors (Lipinski definition) is 1. The van der Waals surface area contributed by atoms with E-state index in [4.69, 9.17) is 9.47 Å². The average molecular weight is 584 g/mol. The number of carbonyl (C=O) groups excluding carboxylic acids is 1. The van der Waals surface area contributed by atoms with E-state index in [0.717, 1.165) is 24.2 Å². The number of pyridine rings is 1. The maximum absolute atomic E-state index is 14.3. The first kappa shape index (κ1) is 30.2. The topological polar surface area (TPSA) is 98.7 Å². The predicted octanol–water partition coefficient (Wildman–Crippen LogP) is 3.33. The molecule has 0 saturated carbocycles. The van der Waals surface area contributed by atoms with Gasteiger partial charge in [-0.1, -0.05) is 26.0 Å². The number of rotatable bonds is 7. The number of nitrogens with zero attached hydrogens (tertiary/aromatic N) is 5. The molecule has 4 atom stereocenters. The molecule has 0 unspecified atom stereocenters. The fourth-order valence-corrected chi connectivity index (χ4v) is 6.28. The summed E-state index contributed by atoms with van der Waals surface area (Å²) in [6.45, 7) is 12.2. The summed E-state index contributed by atoms with van der Waals surface area (Å²) in [5.74, 6) is 0.213. The maximum Gasteiger partial charge on any atom is 0.407 e. The summed E-state index contributed by atoms with van der Waals surface area (Å²) in [5, 5.41) is 9.86. The quantitative estimate of drug-likeness (QED) is 0.530. The molecule has 42 heavy (non-hydrogen) atoms. The molecule has 0 spiro atoms. The normalized spacial score (nSPS) is 25.3. The highest BCUT2D eigenvalue weighted by Crippen LogP contribution is 2.36. The molecule has 4 heterocycles. The number of amides is 2. The van der Waals surface area contributed by atoms with Crippen LogP contribution in [0.3, 0.4) is 0 Å². The molecule has 2 aromatic rings. The van der Waals surface area contributed by atoms with E-state index in [1.807, 2.05) is 24.8 Å². The molecule has 1 aromatic heterocycles. The number of morpholine rings is 1. The van der Waals surface area contributed by atoms with E-state index >= 15 is 0 Å². The van der Waals surface area contributed by atoms with Crippen molar-refractivity contribution in [2.45, 2.75) is 58.3 Å². The Kier molecular flexibility index (Phi) is 9.29. The van der Waals surface area contributed by atoms with Crippen molar-refractivity contribution in [3.05, 3.63) is 53.5 Å². The minimum atomic E-state index is -0.935. The van der Waals surface area contributed by atoms with Gasteiger partial charge in [-0.3, -0.25) is 19.5 Å². The second-order valence-corrected chi connectivity index (χ2v) is 12.2. The predicted molar refractivity (Wildman–Crippen MR) is 156 cm³/mol. The zero-order valence-electron chi connectivity index (χ0n) is 24.9. The molecule has 2 fully saturated rings. The number of piperazine rings is 1. The van der Waals surface area contributed by atoms with Gasteiger partial charge in [0.2, 0.25) is 11.8 Å². The highest BCUT2D eigenvalue weighted by molar-refractivity contribution is 5.97. The lowest BCUT2D eigenvalue weighted by Crippen LogP contribution is -2.64. The third kappa shape index (κ3) is 6.85. The Bertz CT molecular complexity index is 1260. The summed E-state index contributed by atoms with van der Waals surface area (Å²) < 4.78 is 25.2. The van der Waals surface area contributed by atoms with Crippen LogP contribution < -0.4 is 9.64 Å². The van der Waals surface area contributed by atoms with Gasteiger partial charge in [-0.2, -0.15) is 0 Å². The standard InChI is InChI=1S/C31H42FN5O5/c1-20(2)28-19-42-30-27(12-24(13-33-30)11-23-5-7-25(32)8-6-23)37(28)29(38)18-35-14-21(3)36(31(39)40)17-26(35)16-34-9-10-41-22(4)15-34/h5-8,12-13,20-22,26,28H,9-11,14-19H2,1-4H3,(H,39,40)/t21-,22-,26+,28-/m1/s1. The van der Waals surface area contributed by atoms with Gasteiger partial charge in [-0.25, -0.2) is 14.2 Å². The Morgan fingerprint density at radius 3 is 2.57 bits per heavy atom. The van der Waals surface area contributed by atoms with Crippen molar-refractivity contribution in [1.29, 1.82) is 0 Å². The van der Waals surface area contributed by atoms with Crippen LogP contribution in [0.2, 0.25) is 0 Å². The molecule has 0 bridgehead atoms. The smallest absolute Gasteiger partial charge is 0.407 e. The van der Waals surface area contributed by atoms with Gasteiger partial charge in [-0.15, -0.1) is 0 Å². The van der Waals surface area contributed by atoms with Crippen LogP contribution in [0.15, 0.2) is 36.5 Å². The Hall–Kier alpha value is -3.28. The molecule has 5 rings (SSSR count). The van der Waals surface area contributed by atoms with Gasteiger partial charge in [0.05, 0.1) is 25.3 Å². The third-order valence-corrected chi connectivity index (χ3v) is 8.56. The van der Waals surface area contributed by atoms with Gasteiger partial charge in [0.25, 0.3) is 0 Å². The summed E-state index contributed by atoms with van der Waals surface area (Å²) in [6.07, 6.45) is 1.46. The second-order valence-electron chi connectivity index (χ2n) is 12.2. The molecular formula is C31H42FN5O5. The van der Waals surface area contributed by atoms with Crippen LogP contribution in [0.5, 0.6) is 5.88 Å². The zero-order chi connectivity index (χ0) is 30.0. The Labute approximate surface area is 247 Å². The van der Waals surface area contributed by atoms with Crippen molar-refractivity contribution in [3.8, 4) is 5.88 Å². The lowest BCUT2D eigenvalue weighted by Gasteiger charge is -2.47. The summed E-state index contributed by atoms with van der Waals surface area (Å²) in [6, 6.07) is 7.78. The van der Waals surface area contributed by atoms with Gasteiger partial charge in [0, 0.05) is 51.0 Å². The van der Waals surface area contributed by atoms with Crippen molar-refractivity contribution >= 4 is 17.7 Å². The van der Waals surface area contributed by atoms with Gasteiger partial charge in [0.1, 0.15) is 18.1 Å². The van der Waals surface area contributed by atoms with E-state index in [-0.39, 0.29) is 48.4 Å². The van der Waals surface area contributed by atoms with E-state index in [1.165, 1.54) is 17.0 Å². The van der Waals surface area contributed by atoms with Crippen LogP contribution >= 0.6 is 0 Å². The molecule has 2 saturated heterocycles. The second kappa shape index (κ2) is 12.9. The highest BCUT2D eigenvalue weighted by Gasteiger charge is 2.40. The van der Waals surface area contributed by atoms with Crippen LogP contribution in [0.1, 0.15) is 38.8 Å². The minimum Gasteiger partial charge on any atom is -0.474 e. The number of carboxylic acid groups (broad SMARTS) is 1. The number of carbonyl (C=O) groups is 2. The monoisotopic (exact) mass is 583 g/mol. The molecule has 3 aliphatic heterocycles. The summed E-state index contributed by atoms with van der Waals surface area (Å²) >= 11 is 0. The fraction of sp³-hybridized carbons (Fsp3) is 0.581. The molecule has 228 valence electrons. The van der Waals surface area contributed by atoms with Crippen LogP contribution in [0.4, 0.5) is 14.9 Å². The SMILES string of the molecule is CC(C)[C@H]1COc2ncc(Cc3ccc(F)cc3)cc2N1C(=O)CN1C[C@@H](C)N(C(=O)O)C[C@@H]1CN1CCO[C@H](C)C1. The first-order valence-corrected chi connectivity index (χ1v) is 14.8. The van der Waals surface area contributed by atoms with Gasteiger partial charge < -0.3 is 19.5 Å². The summed E-state index contributed by atoms with van der Waals surface area (Å²) in [7, 11) is 0. The molecular weight excluding hydrogens is 541 g/mol. The molecule has 1 N–H and O–H groups in total.